The fourth-order valence-electron chi connectivity index (χ4n) is 2.40. The predicted molar refractivity (Wildman–Crippen MR) is 98.5 cm³/mol. The van der Waals surface area contributed by atoms with Gasteiger partial charge in [-0.2, -0.15) is 0 Å². The number of amides is 1. The maximum atomic E-state index is 12.5. The standard InChI is InChI=1S/C19H21Cl2NO2/c1-19(2,14-8-9-15(20)16(21)12-14)18(24)22-11-10-17(23)13-6-4-3-5-7-13/h3-9,12,17,23H,10-11H2,1-2H3,(H,22,24)/t17-/m1/s1. The van der Waals surface area contributed by atoms with Crippen LogP contribution < -0.4 is 5.32 Å². The molecule has 1 atom stereocenters. The van der Waals surface area contributed by atoms with E-state index >= 15 is 0 Å². The maximum absolute atomic E-state index is 12.5. The van der Waals surface area contributed by atoms with Crippen molar-refractivity contribution in [3.63, 3.8) is 0 Å². The smallest absolute Gasteiger partial charge is 0.230 e. The summed E-state index contributed by atoms with van der Waals surface area (Å²) < 4.78 is 0. The zero-order valence-electron chi connectivity index (χ0n) is 13.7. The predicted octanol–water partition coefficient (Wildman–Crippen LogP) is 4.51. The summed E-state index contributed by atoms with van der Waals surface area (Å²) in [7, 11) is 0. The lowest BCUT2D eigenvalue weighted by molar-refractivity contribution is -0.125. The van der Waals surface area contributed by atoms with Gasteiger partial charge in [0.2, 0.25) is 5.91 Å². The van der Waals surface area contributed by atoms with Crippen LogP contribution in [0.25, 0.3) is 0 Å². The summed E-state index contributed by atoms with van der Waals surface area (Å²) in [6, 6.07) is 14.6. The topological polar surface area (TPSA) is 49.3 Å². The molecule has 1 amide bonds. The third-order valence-electron chi connectivity index (χ3n) is 4.10. The van der Waals surface area contributed by atoms with E-state index in [1.54, 1.807) is 18.2 Å². The fraction of sp³-hybridized carbons (Fsp3) is 0.316. The number of nitrogens with one attached hydrogen (secondary N) is 1. The van der Waals surface area contributed by atoms with Gasteiger partial charge in [-0.05, 0) is 43.5 Å². The molecule has 0 unspecified atom stereocenters. The number of hydrogen-bond donors (Lipinski definition) is 2. The molecular formula is C19H21Cl2NO2. The average molecular weight is 366 g/mol. The van der Waals surface area contributed by atoms with Gasteiger partial charge in [0.15, 0.2) is 0 Å². The highest BCUT2D eigenvalue weighted by atomic mass is 35.5. The van der Waals surface area contributed by atoms with Crippen molar-refractivity contribution >= 4 is 29.1 Å². The summed E-state index contributed by atoms with van der Waals surface area (Å²) in [6.45, 7) is 4.05. The number of hydrogen-bond acceptors (Lipinski definition) is 2. The molecule has 0 radical (unpaired) electrons. The first-order valence-corrected chi connectivity index (χ1v) is 8.55. The highest BCUT2D eigenvalue weighted by Gasteiger charge is 2.30. The number of halogens is 2. The molecular weight excluding hydrogens is 345 g/mol. The minimum absolute atomic E-state index is 0.124. The van der Waals surface area contributed by atoms with Crippen LogP contribution >= 0.6 is 23.2 Å². The molecule has 0 saturated heterocycles. The minimum Gasteiger partial charge on any atom is -0.388 e. The first kappa shape index (κ1) is 18.8. The molecule has 2 rings (SSSR count). The zero-order chi connectivity index (χ0) is 17.7. The summed E-state index contributed by atoms with van der Waals surface area (Å²) in [5.74, 6) is -0.124. The Labute approximate surface area is 152 Å². The molecule has 0 spiro atoms. The lowest BCUT2D eigenvalue weighted by Gasteiger charge is -2.25. The van der Waals surface area contributed by atoms with Crippen LogP contribution in [0.4, 0.5) is 0 Å². The molecule has 0 bridgehead atoms. The Balaban J connectivity index is 1.94. The summed E-state index contributed by atoms with van der Waals surface area (Å²) >= 11 is 12.0. The van der Waals surface area contributed by atoms with E-state index in [0.29, 0.717) is 23.0 Å². The van der Waals surface area contributed by atoms with E-state index in [0.717, 1.165) is 11.1 Å². The molecule has 0 fully saturated rings. The van der Waals surface area contributed by atoms with Gasteiger partial charge in [0.1, 0.15) is 0 Å². The van der Waals surface area contributed by atoms with Crippen LogP contribution in [0.3, 0.4) is 0 Å². The first-order chi connectivity index (χ1) is 11.3. The third-order valence-corrected chi connectivity index (χ3v) is 4.84. The van der Waals surface area contributed by atoms with Gasteiger partial charge in [-0.1, -0.05) is 59.6 Å². The van der Waals surface area contributed by atoms with Gasteiger partial charge < -0.3 is 10.4 Å². The molecule has 0 heterocycles. The van der Waals surface area contributed by atoms with Crippen molar-refractivity contribution < 1.29 is 9.90 Å². The van der Waals surface area contributed by atoms with Crippen LogP contribution in [0.1, 0.15) is 37.5 Å². The normalized spacial score (nSPS) is 12.7. The number of carbonyl (C=O) groups excluding carboxylic acids is 1. The molecule has 5 heteroatoms. The first-order valence-electron chi connectivity index (χ1n) is 7.79. The van der Waals surface area contributed by atoms with Crippen molar-refractivity contribution in [1.82, 2.24) is 5.32 Å². The molecule has 0 aliphatic heterocycles. The van der Waals surface area contributed by atoms with E-state index in [9.17, 15) is 9.90 Å². The lowest BCUT2D eigenvalue weighted by atomic mass is 9.83. The van der Waals surface area contributed by atoms with Gasteiger partial charge in [0, 0.05) is 6.54 Å². The van der Waals surface area contributed by atoms with Crippen LogP contribution in [-0.2, 0) is 10.2 Å². The second-order valence-electron chi connectivity index (χ2n) is 6.22. The van der Waals surface area contributed by atoms with Crippen LogP contribution in [0, 0.1) is 0 Å². The SMILES string of the molecule is CC(C)(C(=O)NCC[C@@H](O)c1ccccc1)c1ccc(Cl)c(Cl)c1. The summed E-state index contributed by atoms with van der Waals surface area (Å²) in [4.78, 5) is 12.5. The van der Waals surface area contributed by atoms with Gasteiger partial charge in [-0.25, -0.2) is 0 Å². The van der Waals surface area contributed by atoms with Gasteiger partial charge in [0.25, 0.3) is 0 Å². The van der Waals surface area contributed by atoms with E-state index < -0.39 is 11.5 Å². The Hall–Kier alpha value is -1.55. The van der Waals surface area contributed by atoms with Crippen LogP contribution in [-0.4, -0.2) is 17.6 Å². The molecule has 0 aliphatic carbocycles. The zero-order valence-corrected chi connectivity index (χ0v) is 15.2. The number of carbonyl (C=O) groups is 1. The highest BCUT2D eigenvalue weighted by Crippen LogP contribution is 2.30. The Bertz CT molecular complexity index is 702. The van der Waals surface area contributed by atoms with Crippen LogP contribution in [0.15, 0.2) is 48.5 Å². The van der Waals surface area contributed by atoms with Crippen molar-refractivity contribution in [3.05, 3.63) is 69.7 Å². The molecule has 2 aromatic carbocycles. The molecule has 24 heavy (non-hydrogen) atoms. The summed E-state index contributed by atoms with van der Waals surface area (Å²) in [5.41, 5.74) is 0.889. The van der Waals surface area contributed by atoms with Crippen molar-refractivity contribution in [2.75, 3.05) is 6.54 Å². The number of aliphatic hydroxyl groups excluding tert-OH is 1. The lowest BCUT2D eigenvalue weighted by Crippen LogP contribution is -2.40. The van der Waals surface area contributed by atoms with E-state index in [1.807, 2.05) is 44.2 Å². The number of benzene rings is 2. The molecule has 128 valence electrons. The average Bonchev–Trinajstić information content (AvgIpc) is 2.57. The Kier molecular flexibility index (Phi) is 6.27. The van der Waals surface area contributed by atoms with Crippen LogP contribution in [0.2, 0.25) is 10.0 Å². The van der Waals surface area contributed by atoms with Gasteiger partial charge in [0.05, 0.1) is 21.6 Å². The van der Waals surface area contributed by atoms with Gasteiger partial charge in [-0.15, -0.1) is 0 Å². The quantitative estimate of drug-likeness (QED) is 0.790. The van der Waals surface area contributed by atoms with E-state index in [4.69, 9.17) is 23.2 Å². The molecule has 2 N–H and O–H groups in total. The Morgan fingerprint density at radius 3 is 2.42 bits per heavy atom. The molecule has 0 aromatic heterocycles. The van der Waals surface area contributed by atoms with E-state index in [1.165, 1.54) is 0 Å². The number of aliphatic hydroxyl groups is 1. The molecule has 2 aromatic rings. The summed E-state index contributed by atoms with van der Waals surface area (Å²) in [5, 5.41) is 13.9. The van der Waals surface area contributed by atoms with Crippen molar-refractivity contribution in [1.29, 1.82) is 0 Å². The second-order valence-corrected chi connectivity index (χ2v) is 7.04. The number of rotatable bonds is 6. The maximum Gasteiger partial charge on any atom is 0.230 e. The minimum atomic E-state index is -0.744. The van der Waals surface area contributed by atoms with Crippen molar-refractivity contribution in [2.24, 2.45) is 0 Å². The Morgan fingerprint density at radius 1 is 1.12 bits per heavy atom. The Morgan fingerprint density at radius 2 is 1.79 bits per heavy atom. The largest absolute Gasteiger partial charge is 0.388 e. The molecule has 3 nitrogen and oxygen atoms in total. The highest BCUT2D eigenvalue weighted by molar-refractivity contribution is 6.42. The van der Waals surface area contributed by atoms with Crippen molar-refractivity contribution in [2.45, 2.75) is 31.8 Å². The van der Waals surface area contributed by atoms with E-state index in [-0.39, 0.29) is 5.91 Å². The summed E-state index contributed by atoms with van der Waals surface area (Å²) in [6.07, 6.45) is -0.146. The third kappa shape index (κ3) is 4.50. The van der Waals surface area contributed by atoms with E-state index in [2.05, 4.69) is 5.32 Å². The monoisotopic (exact) mass is 365 g/mol. The molecule has 0 saturated carbocycles. The van der Waals surface area contributed by atoms with Crippen LogP contribution in [0.5, 0.6) is 0 Å². The molecule has 0 aliphatic rings. The second kappa shape index (κ2) is 8.02. The van der Waals surface area contributed by atoms with Crippen molar-refractivity contribution in [3.8, 4) is 0 Å². The van der Waals surface area contributed by atoms with Gasteiger partial charge in [-0.3, -0.25) is 4.79 Å². The fourth-order valence-corrected chi connectivity index (χ4v) is 2.70. The van der Waals surface area contributed by atoms with Gasteiger partial charge >= 0.3 is 0 Å².